The van der Waals surface area contributed by atoms with E-state index in [0.29, 0.717) is 22.7 Å². The summed E-state index contributed by atoms with van der Waals surface area (Å²) in [4.78, 5) is 24.9. The third kappa shape index (κ3) is 4.75. The maximum Gasteiger partial charge on any atom is 0.255 e. The summed E-state index contributed by atoms with van der Waals surface area (Å²) >= 11 is 0. The van der Waals surface area contributed by atoms with Gasteiger partial charge in [0.2, 0.25) is 5.91 Å². The molecule has 0 fully saturated rings. The maximum absolute atomic E-state index is 12.6. The number of nitrogens with two attached hydrogens (primary N) is 1. The van der Waals surface area contributed by atoms with Crippen LogP contribution in [0, 0.1) is 5.41 Å². The molecule has 8 heteroatoms. The van der Waals surface area contributed by atoms with Crippen molar-refractivity contribution in [1.82, 2.24) is 5.32 Å². The predicted octanol–water partition coefficient (Wildman–Crippen LogP) is 2.04. The maximum atomic E-state index is 12.6. The van der Waals surface area contributed by atoms with Gasteiger partial charge >= 0.3 is 0 Å². The van der Waals surface area contributed by atoms with Crippen molar-refractivity contribution in [3.05, 3.63) is 47.5 Å². The quantitative estimate of drug-likeness (QED) is 0.438. The highest BCUT2D eigenvalue weighted by Crippen LogP contribution is 2.25. The molecule has 0 aliphatic heterocycles. The van der Waals surface area contributed by atoms with Gasteiger partial charge in [-0.15, -0.1) is 0 Å². The Labute approximate surface area is 157 Å². The van der Waals surface area contributed by atoms with E-state index in [0.717, 1.165) is 6.21 Å². The number of carbonyl (C=O) groups excluding carboxylic acids is 2. The molecule has 2 aromatic carbocycles. The summed E-state index contributed by atoms with van der Waals surface area (Å²) in [5.41, 5.74) is 7.24. The Hall–Kier alpha value is -3.55. The number of ether oxygens (including phenoxy) is 2. The predicted molar refractivity (Wildman–Crippen MR) is 104 cm³/mol. The zero-order valence-electron chi connectivity index (χ0n) is 15.3. The Morgan fingerprint density at radius 1 is 1.19 bits per heavy atom. The third-order valence-electron chi connectivity index (χ3n) is 3.88. The van der Waals surface area contributed by atoms with Crippen molar-refractivity contribution in [2.75, 3.05) is 25.3 Å². The molecular weight excluding hydrogens is 348 g/mol. The molecule has 5 N–H and O–H groups in total. The van der Waals surface area contributed by atoms with Crippen molar-refractivity contribution in [3.8, 4) is 11.5 Å². The molecule has 0 heterocycles. The van der Waals surface area contributed by atoms with Gasteiger partial charge in [-0.25, -0.2) is 0 Å². The summed E-state index contributed by atoms with van der Waals surface area (Å²) in [7, 11) is 2.95. The first-order valence-corrected chi connectivity index (χ1v) is 8.13. The van der Waals surface area contributed by atoms with Crippen LogP contribution >= 0.6 is 0 Å². The molecule has 142 valence electrons. The average molecular weight is 370 g/mol. The minimum Gasteiger partial charge on any atom is -0.497 e. The minimum atomic E-state index is -0.811. The van der Waals surface area contributed by atoms with Gasteiger partial charge in [0.15, 0.2) is 0 Å². The SMILES string of the molecule is COc1cccc(NC(=O)[C@@H](C)NC(=O)c2cc(C=N)c(N)cc2OC)c1. The summed E-state index contributed by atoms with van der Waals surface area (Å²) in [6.07, 6.45) is 1.05. The van der Waals surface area contributed by atoms with Crippen molar-refractivity contribution in [3.63, 3.8) is 0 Å². The number of anilines is 2. The number of nitrogen functional groups attached to an aromatic ring is 1. The zero-order valence-corrected chi connectivity index (χ0v) is 15.3. The molecule has 2 aromatic rings. The second-order valence-corrected chi connectivity index (χ2v) is 5.74. The number of carbonyl (C=O) groups is 2. The number of benzene rings is 2. The molecule has 2 amide bonds. The van der Waals surface area contributed by atoms with Gasteiger partial charge in [-0.05, 0) is 25.1 Å². The highest BCUT2D eigenvalue weighted by atomic mass is 16.5. The topological polar surface area (TPSA) is 127 Å². The Morgan fingerprint density at radius 3 is 2.56 bits per heavy atom. The van der Waals surface area contributed by atoms with Crippen LogP contribution < -0.4 is 25.8 Å². The summed E-state index contributed by atoms with van der Waals surface area (Å²) in [6.45, 7) is 1.56. The van der Waals surface area contributed by atoms with Crippen LogP contribution in [-0.4, -0.2) is 38.3 Å². The average Bonchev–Trinajstić information content (AvgIpc) is 2.67. The molecule has 0 saturated heterocycles. The monoisotopic (exact) mass is 370 g/mol. The number of methoxy groups -OCH3 is 2. The van der Waals surface area contributed by atoms with Crippen LogP contribution in [0.15, 0.2) is 36.4 Å². The second kappa shape index (κ2) is 8.70. The van der Waals surface area contributed by atoms with E-state index in [1.807, 2.05) is 0 Å². The lowest BCUT2D eigenvalue weighted by Gasteiger charge is -2.16. The van der Waals surface area contributed by atoms with Gasteiger partial charge in [0.25, 0.3) is 5.91 Å². The number of nitrogens with one attached hydrogen (secondary N) is 3. The molecule has 0 saturated carbocycles. The van der Waals surface area contributed by atoms with Gasteiger partial charge < -0.3 is 31.3 Å². The molecule has 8 nitrogen and oxygen atoms in total. The lowest BCUT2D eigenvalue weighted by atomic mass is 10.1. The van der Waals surface area contributed by atoms with Crippen molar-refractivity contribution >= 4 is 29.4 Å². The van der Waals surface area contributed by atoms with Crippen LogP contribution in [0.2, 0.25) is 0 Å². The van der Waals surface area contributed by atoms with Crippen molar-refractivity contribution in [1.29, 1.82) is 5.41 Å². The molecular formula is C19H22N4O4. The second-order valence-electron chi connectivity index (χ2n) is 5.74. The molecule has 0 unspecified atom stereocenters. The van der Waals surface area contributed by atoms with Gasteiger partial charge in [-0.2, -0.15) is 0 Å². The van der Waals surface area contributed by atoms with Gasteiger partial charge in [-0.1, -0.05) is 6.07 Å². The molecule has 0 aromatic heterocycles. The van der Waals surface area contributed by atoms with Gasteiger partial charge in [0.05, 0.1) is 19.8 Å². The van der Waals surface area contributed by atoms with Crippen LogP contribution in [0.4, 0.5) is 11.4 Å². The van der Waals surface area contributed by atoms with E-state index in [1.165, 1.54) is 26.4 Å². The van der Waals surface area contributed by atoms with Gasteiger partial charge in [-0.3, -0.25) is 9.59 Å². The fourth-order valence-corrected chi connectivity index (χ4v) is 2.37. The Balaban J connectivity index is 2.12. The van der Waals surface area contributed by atoms with Crippen LogP contribution in [-0.2, 0) is 4.79 Å². The number of hydrogen-bond donors (Lipinski definition) is 4. The Morgan fingerprint density at radius 2 is 1.93 bits per heavy atom. The molecule has 0 aliphatic rings. The van der Waals surface area contributed by atoms with Crippen molar-refractivity contribution in [2.45, 2.75) is 13.0 Å². The number of hydrogen-bond acceptors (Lipinski definition) is 6. The van der Waals surface area contributed by atoms with Gasteiger partial charge in [0.1, 0.15) is 17.5 Å². The van der Waals surface area contributed by atoms with Crippen LogP contribution in [0.1, 0.15) is 22.8 Å². The summed E-state index contributed by atoms with van der Waals surface area (Å²) in [5.74, 6) is -0.0344. The van der Waals surface area contributed by atoms with Crippen molar-refractivity contribution in [2.24, 2.45) is 0 Å². The van der Waals surface area contributed by atoms with E-state index in [-0.39, 0.29) is 11.3 Å². The molecule has 0 aliphatic carbocycles. The normalized spacial score (nSPS) is 11.2. The first kappa shape index (κ1) is 19.8. The van der Waals surface area contributed by atoms with Gasteiger partial charge in [0, 0.05) is 35.3 Å². The number of amides is 2. The zero-order chi connectivity index (χ0) is 20.0. The smallest absolute Gasteiger partial charge is 0.255 e. The summed E-state index contributed by atoms with van der Waals surface area (Å²) < 4.78 is 10.3. The summed E-state index contributed by atoms with van der Waals surface area (Å²) in [5, 5.41) is 12.7. The van der Waals surface area contributed by atoms with Crippen molar-refractivity contribution < 1.29 is 19.1 Å². The van der Waals surface area contributed by atoms with E-state index in [9.17, 15) is 9.59 Å². The van der Waals surface area contributed by atoms with E-state index in [1.54, 1.807) is 31.2 Å². The van der Waals surface area contributed by atoms with E-state index >= 15 is 0 Å². The highest BCUT2D eigenvalue weighted by Gasteiger charge is 2.20. The standard InChI is InChI=1S/C19H22N4O4/c1-11(18(24)23-13-5-4-6-14(8-13)26-2)22-19(25)15-7-12(10-20)16(21)9-17(15)27-3/h4-11,20H,21H2,1-3H3,(H,22,25)(H,23,24)/t11-/m1/s1. The molecule has 0 spiro atoms. The largest absolute Gasteiger partial charge is 0.497 e. The first-order valence-electron chi connectivity index (χ1n) is 8.13. The van der Waals surface area contributed by atoms with E-state index < -0.39 is 17.9 Å². The van der Waals surface area contributed by atoms with E-state index in [2.05, 4.69) is 10.6 Å². The molecule has 0 bridgehead atoms. The van der Waals surface area contributed by atoms with Crippen LogP contribution in [0.25, 0.3) is 0 Å². The molecule has 0 radical (unpaired) electrons. The summed E-state index contributed by atoms with van der Waals surface area (Å²) in [6, 6.07) is 9.00. The lowest BCUT2D eigenvalue weighted by molar-refractivity contribution is -0.117. The lowest BCUT2D eigenvalue weighted by Crippen LogP contribution is -2.41. The fourth-order valence-electron chi connectivity index (χ4n) is 2.37. The first-order chi connectivity index (χ1) is 12.9. The number of rotatable bonds is 7. The molecule has 27 heavy (non-hydrogen) atoms. The molecule has 1 atom stereocenters. The Kier molecular flexibility index (Phi) is 6.37. The highest BCUT2D eigenvalue weighted by molar-refractivity contribution is 6.04. The minimum absolute atomic E-state index is 0.186. The van der Waals surface area contributed by atoms with Crippen LogP contribution in [0.5, 0.6) is 11.5 Å². The third-order valence-corrected chi connectivity index (χ3v) is 3.88. The Bertz CT molecular complexity index is 867. The molecule has 2 rings (SSSR count). The van der Waals surface area contributed by atoms with Crippen LogP contribution in [0.3, 0.4) is 0 Å². The fraction of sp³-hybridized carbons (Fsp3) is 0.211. The van der Waals surface area contributed by atoms with E-state index in [4.69, 9.17) is 20.6 Å².